The summed E-state index contributed by atoms with van der Waals surface area (Å²) in [5.41, 5.74) is 0.498. The van der Waals surface area contributed by atoms with E-state index in [0.717, 1.165) is 6.42 Å². The Bertz CT molecular complexity index is 684. The molecular formula is C18H30ClN3O3S. The topological polar surface area (TPSA) is 69.7 Å². The third-order valence-corrected chi connectivity index (χ3v) is 6.46. The molecule has 1 saturated heterocycles. The number of halogens is 1. The first-order chi connectivity index (χ1) is 11.8. The zero-order valence-electron chi connectivity index (χ0n) is 15.9. The highest BCUT2D eigenvalue weighted by molar-refractivity contribution is 7.89. The van der Waals surface area contributed by atoms with Crippen LogP contribution in [0.2, 0.25) is 0 Å². The molecule has 1 aliphatic heterocycles. The highest BCUT2D eigenvalue weighted by Gasteiger charge is 2.31. The highest BCUT2D eigenvalue weighted by atomic mass is 35.5. The molecule has 0 radical (unpaired) electrons. The number of amides is 1. The fourth-order valence-electron chi connectivity index (χ4n) is 3.32. The van der Waals surface area contributed by atoms with Crippen molar-refractivity contribution in [2.24, 2.45) is 11.8 Å². The van der Waals surface area contributed by atoms with Gasteiger partial charge in [-0.3, -0.25) is 4.79 Å². The van der Waals surface area contributed by atoms with Crippen molar-refractivity contribution in [1.82, 2.24) is 14.5 Å². The van der Waals surface area contributed by atoms with Crippen LogP contribution in [0, 0.1) is 11.8 Å². The summed E-state index contributed by atoms with van der Waals surface area (Å²) in [7, 11) is 0.0642. The third-order valence-electron chi connectivity index (χ3n) is 4.62. The van der Waals surface area contributed by atoms with Crippen molar-refractivity contribution >= 4 is 28.3 Å². The molecule has 0 aliphatic carbocycles. The van der Waals surface area contributed by atoms with E-state index in [2.05, 4.69) is 19.2 Å². The Labute approximate surface area is 163 Å². The molecule has 2 rings (SSSR count). The number of piperidine rings is 1. The van der Waals surface area contributed by atoms with E-state index >= 15 is 0 Å². The number of carbonyl (C=O) groups excluding carboxylic acids is 1. The predicted octanol–water partition coefficient (Wildman–Crippen LogP) is 2.07. The van der Waals surface area contributed by atoms with Crippen molar-refractivity contribution in [3.63, 3.8) is 0 Å². The van der Waals surface area contributed by atoms with Crippen LogP contribution in [0.3, 0.4) is 0 Å². The van der Waals surface area contributed by atoms with Gasteiger partial charge < -0.3 is 10.2 Å². The number of hydrogen-bond donors (Lipinski definition) is 1. The quantitative estimate of drug-likeness (QED) is 0.789. The second-order valence-corrected chi connectivity index (χ2v) is 9.06. The summed E-state index contributed by atoms with van der Waals surface area (Å²) in [6.07, 6.45) is 1.05. The molecule has 1 heterocycles. The Balaban J connectivity index is 0.00000338. The lowest BCUT2D eigenvalue weighted by Gasteiger charge is -2.34. The van der Waals surface area contributed by atoms with Crippen LogP contribution >= 0.6 is 12.4 Å². The summed E-state index contributed by atoms with van der Waals surface area (Å²) in [5.74, 6) is 0.611. The van der Waals surface area contributed by atoms with Crippen LogP contribution < -0.4 is 5.32 Å². The lowest BCUT2D eigenvalue weighted by Crippen LogP contribution is -2.42. The fourth-order valence-corrected chi connectivity index (χ4v) is 5.00. The molecule has 1 aromatic rings. The monoisotopic (exact) mass is 403 g/mol. The van der Waals surface area contributed by atoms with Crippen molar-refractivity contribution < 1.29 is 13.2 Å². The van der Waals surface area contributed by atoms with E-state index in [4.69, 9.17) is 0 Å². The lowest BCUT2D eigenvalue weighted by atomic mass is 9.94. The molecule has 1 N–H and O–H groups in total. The predicted molar refractivity (Wildman–Crippen MR) is 106 cm³/mol. The van der Waals surface area contributed by atoms with Gasteiger partial charge in [-0.2, -0.15) is 4.31 Å². The van der Waals surface area contributed by atoms with E-state index < -0.39 is 10.0 Å². The molecule has 26 heavy (non-hydrogen) atoms. The summed E-state index contributed by atoms with van der Waals surface area (Å²) < 4.78 is 27.3. The van der Waals surface area contributed by atoms with Crippen LogP contribution in [0.4, 0.5) is 0 Å². The minimum atomic E-state index is -3.51. The number of rotatable bonds is 6. The largest absolute Gasteiger partial charge is 0.340 e. The third kappa shape index (κ3) is 5.42. The van der Waals surface area contributed by atoms with Crippen molar-refractivity contribution in [2.45, 2.75) is 25.2 Å². The molecule has 1 aliphatic rings. The van der Waals surface area contributed by atoms with Crippen molar-refractivity contribution in [3.05, 3.63) is 29.8 Å². The Hall–Kier alpha value is -1.15. The molecule has 1 amide bonds. The van der Waals surface area contributed by atoms with Crippen molar-refractivity contribution in [1.29, 1.82) is 0 Å². The summed E-state index contributed by atoms with van der Waals surface area (Å²) in [4.78, 5) is 14.2. The molecule has 0 aromatic heterocycles. The van der Waals surface area contributed by atoms with E-state index in [1.54, 1.807) is 40.5 Å². The van der Waals surface area contributed by atoms with Gasteiger partial charge >= 0.3 is 0 Å². The highest BCUT2D eigenvalue weighted by Crippen LogP contribution is 2.26. The zero-order valence-corrected chi connectivity index (χ0v) is 17.6. The van der Waals surface area contributed by atoms with E-state index in [-0.39, 0.29) is 23.2 Å². The van der Waals surface area contributed by atoms with Crippen molar-refractivity contribution in [2.75, 3.05) is 40.3 Å². The minimum Gasteiger partial charge on any atom is -0.340 e. The number of hydrogen-bond acceptors (Lipinski definition) is 4. The van der Waals surface area contributed by atoms with Crippen LogP contribution in [-0.2, 0) is 10.0 Å². The SMILES string of the molecule is CNCCN(C)C(=O)c1ccc(S(=O)(=O)N2CC(C)CC(C)C2)cc1.Cl. The van der Waals surface area contributed by atoms with Gasteiger partial charge in [-0.25, -0.2) is 8.42 Å². The number of sulfonamides is 1. The normalized spacial score (nSPS) is 21.1. The maximum atomic E-state index is 12.9. The smallest absolute Gasteiger partial charge is 0.253 e. The Morgan fingerprint density at radius 2 is 1.73 bits per heavy atom. The van der Waals surface area contributed by atoms with E-state index in [0.29, 0.717) is 43.6 Å². The van der Waals surface area contributed by atoms with Crippen LogP contribution in [0.5, 0.6) is 0 Å². The number of likely N-dealkylation sites (N-methyl/N-ethyl adjacent to an activating group) is 2. The van der Waals surface area contributed by atoms with Gasteiger partial charge in [0.05, 0.1) is 4.90 Å². The first-order valence-corrected chi connectivity index (χ1v) is 10.2. The number of benzene rings is 1. The molecule has 1 fully saturated rings. The summed E-state index contributed by atoms with van der Waals surface area (Å²) in [6, 6.07) is 6.28. The minimum absolute atomic E-state index is 0. The molecular weight excluding hydrogens is 374 g/mol. The van der Waals surface area contributed by atoms with Gasteiger partial charge in [-0.1, -0.05) is 13.8 Å². The molecule has 8 heteroatoms. The van der Waals surface area contributed by atoms with Gasteiger partial charge in [0.15, 0.2) is 0 Å². The number of nitrogens with zero attached hydrogens (tertiary/aromatic N) is 2. The van der Waals surface area contributed by atoms with Gasteiger partial charge in [-0.15, -0.1) is 12.4 Å². The van der Waals surface area contributed by atoms with E-state index in [1.807, 2.05) is 7.05 Å². The average Bonchev–Trinajstić information content (AvgIpc) is 2.58. The number of nitrogens with one attached hydrogen (secondary N) is 1. The van der Waals surface area contributed by atoms with Crippen LogP contribution in [0.1, 0.15) is 30.6 Å². The second kappa shape index (κ2) is 9.69. The van der Waals surface area contributed by atoms with Gasteiger partial charge in [0.2, 0.25) is 10.0 Å². The standard InChI is InChI=1S/C18H29N3O3S.ClH/c1-14-11-15(2)13-21(12-14)25(23,24)17-7-5-16(6-8-17)18(22)20(4)10-9-19-3;/h5-8,14-15,19H,9-13H2,1-4H3;1H. The van der Waals surface area contributed by atoms with Crippen LogP contribution in [-0.4, -0.2) is 63.8 Å². The Morgan fingerprint density at radius 1 is 1.19 bits per heavy atom. The first-order valence-electron chi connectivity index (χ1n) is 8.76. The summed E-state index contributed by atoms with van der Waals surface area (Å²) in [6.45, 7) is 6.58. The van der Waals surface area contributed by atoms with Gasteiger partial charge in [0.25, 0.3) is 5.91 Å². The van der Waals surface area contributed by atoms with Gasteiger partial charge in [0.1, 0.15) is 0 Å². The zero-order chi connectivity index (χ0) is 18.6. The molecule has 6 nitrogen and oxygen atoms in total. The maximum Gasteiger partial charge on any atom is 0.253 e. The van der Waals surface area contributed by atoms with Crippen LogP contribution in [0.25, 0.3) is 0 Å². The Kier molecular flexibility index (Phi) is 8.53. The lowest BCUT2D eigenvalue weighted by molar-refractivity contribution is 0.0796. The fraction of sp³-hybridized carbons (Fsp3) is 0.611. The molecule has 2 unspecified atom stereocenters. The summed E-state index contributed by atoms with van der Waals surface area (Å²) in [5, 5.41) is 3.00. The second-order valence-electron chi connectivity index (χ2n) is 7.12. The Morgan fingerprint density at radius 3 is 2.23 bits per heavy atom. The van der Waals surface area contributed by atoms with E-state index in [9.17, 15) is 13.2 Å². The van der Waals surface area contributed by atoms with Gasteiger partial charge in [0, 0.05) is 38.8 Å². The van der Waals surface area contributed by atoms with Crippen LogP contribution in [0.15, 0.2) is 29.2 Å². The van der Waals surface area contributed by atoms with Crippen molar-refractivity contribution in [3.8, 4) is 0 Å². The average molecular weight is 404 g/mol. The molecule has 148 valence electrons. The van der Waals surface area contributed by atoms with Gasteiger partial charge in [-0.05, 0) is 49.6 Å². The molecule has 0 saturated carbocycles. The summed E-state index contributed by atoms with van der Waals surface area (Å²) >= 11 is 0. The number of carbonyl (C=O) groups is 1. The maximum absolute atomic E-state index is 12.9. The molecule has 2 atom stereocenters. The molecule has 0 bridgehead atoms. The first kappa shape index (κ1) is 22.9. The molecule has 1 aromatic carbocycles. The van der Waals surface area contributed by atoms with E-state index in [1.165, 1.54) is 0 Å². The molecule has 0 spiro atoms.